The van der Waals surface area contributed by atoms with Crippen molar-refractivity contribution in [3.05, 3.63) is 23.4 Å². The molecule has 1 atom stereocenters. The number of hydrogen-bond acceptors (Lipinski definition) is 1. The van der Waals surface area contributed by atoms with Crippen molar-refractivity contribution >= 4 is 0 Å². The van der Waals surface area contributed by atoms with Gasteiger partial charge in [-0.3, -0.25) is 0 Å². The quantitative estimate of drug-likeness (QED) is 0.547. The standard InChI is InChI=1S/C12H17N/c1-4-10-6-2-8-13-9-3-7-11(5-1)12(10)13/h1,4,11H,2-3,5-9H2. The number of piperidine rings is 1. The molecule has 0 aromatic heterocycles. The van der Waals surface area contributed by atoms with Gasteiger partial charge >= 0.3 is 0 Å². The van der Waals surface area contributed by atoms with Gasteiger partial charge in [-0.15, -0.1) is 0 Å². The van der Waals surface area contributed by atoms with E-state index in [4.69, 9.17) is 0 Å². The number of rotatable bonds is 0. The minimum atomic E-state index is 0.883. The lowest BCUT2D eigenvalue weighted by Gasteiger charge is -2.42. The van der Waals surface area contributed by atoms with E-state index in [0.29, 0.717) is 0 Å². The lowest BCUT2D eigenvalue weighted by molar-refractivity contribution is 0.220. The number of allylic oxidation sites excluding steroid dienone is 4. The molecule has 0 amide bonds. The lowest BCUT2D eigenvalue weighted by Crippen LogP contribution is -2.38. The van der Waals surface area contributed by atoms with Crippen molar-refractivity contribution in [2.75, 3.05) is 13.1 Å². The second-order valence-electron chi connectivity index (χ2n) is 4.48. The molecule has 3 aliphatic rings. The Labute approximate surface area is 80.1 Å². The summed E-state index contributed by atoms with van der Waals surface area (Å²) in [5.41, 5.74) is 3.38. The summed E-state index contributed by atoms with van der Waals surface area (Å²) in [6.07, 6.45) is 11.6. The van der Waals surface area contributed by atoms with Crippen LogP contribution in [0.25, 0.3) is 0 Å². The summed E-state index contributed by atoms with van der Waals surface area (Å²) in [6.45, 7) is 2.65. The molecule has 70 valence electrons. The average molecular weight is 175 g/mol. The first-order chi connectivity index (χ1) is 6.45. The summed E-state index contributed by atoms with van der Waals surface area (Å²) in [4.78, 5) is 2.65. The van der Waals surface area contributed by atoms with Crippen molar-refractivity contribution in [1.82, 2.24) is 4.90 Å². The van der Waals surface area contributed by atoms with E-state index in [1.807, 2.05) is 0 Å². The van der Waals surface area contributed by atoms with Crippen molar-refractivity contribution < 1.29 is 0 Å². The van der Waals surface area contributed by atoms with Crippen LogP contribution in [0.3, 0.4) is 0 Å². The zero-order valence-electron chi connectivity index (χ0n) is 8.13. The van der Waals surface area contributed by atoms with Gasteiger partial charge in [0, 0.05) is 24.7 Å². The highest BCUT2D eigenvalue weighted by Gasteiger charge is 2.30. The SMILES string of the molecule is C1=CC2=C3C(C1)CCCN3CCC2. The molecule has 0 aromatic rings. The third-order valence-corrected chi connectivity index (χ3v) is 3.65. The Balaban J connectivity index is 2.02. The molecule has 2 heterocycles. The zero-order valence-corrected chi connectivity index (χ0v) is 8.13. The Bertz CT molecular complexity index is 275. The van der Waals surface area contributed by atoms with Gasteiger partial charge in [0.05, 0.1) is 0 Å². The number of nitrogens with zero attached hydrogens (tertiary/aromatic N) is 1. The van der Waals surface area contributed by atoms with Gasteiger partial charge in [0.15, 0.2) is 0 Å². The van der Waals surface area contributed by atoms with E-state index in [1.165, 1.54) is 45.2 Å². The highest BCUT2D eigenvalue weighted by atomic mass is 15.2. The van der Waals surface area contributed by atoms with Gasteiger partial charge in [-0.05, 0) is 37.7 Å². The van der Waals surface area contributed by atoms with Gasteiger partial charge in [-0.1, -0.05) is 12.2 Å². The highest BCUT2D eigenvalue weighted by molar-refractivity contribution is 5.33. The van der Waals surface area contributed by atoms with Crippen LogP contribution in [0.4, 0.5) is 0 Å². The van der Waals surface area contributed by atoms with Crippen LogP contribution in [0.1, 0.15) is 32.1 Å². The fourth-order valence-electron chi connectivity index (χ4n) is 3.10. The Morgan fingerprint density at radius 2 is 2.15 bits per heavy atom. The third kappa shape index (κ3) is 1.13. The van der Waals surface area contributed by atoms with E-state index < -0.39 is 0 Å². The van der Waals surface area contributed by atoms with Gasteiger partial charge in [-0.25, -0.2) is 0 Å². The molecule has 0 N–H and O–H groups in total. The van der Waals surface area contributed by atoms with Crippen LogP contribution in [0.5, 0.6) is 0 Å². The first-order valence-corrected chi connectivity index (χ1v) is 5.60. The summed E-state index contributed by atoms with van der Waals surface area (Å²) in [5, 5.41) is 0. The van der Waals surface area contributed by atoms with Crippen molar-refractivity contribution in [3.63, 3.8) is 0 Å². The monoisotopic (exact) mass is 175 g/mol. The van der Waals surface area contributed by atoms with Crippen LogP contribution in [-0.4, -0.2) is 18.0 Å². The lowest BCUT2D eigenvalue weighted by atomic mass is 9.81. The average Bonchev–Trinajstić information content (AvgIpc) is 2.19. The Morgan fingerprint density at radius 1 is 1.23 bits per heavy atom. The van der Waals surface area contributed by atoms with Gasteiger partial charge in [0.2, 0.25) is 0 Å². The predicted octanol–water partition coefficient (Wildman–Crippen LogP) is 2.71. The summed E-state index contributed by atoms with van der Waals surface area (Å²) < 4.78 is 0. The molecule has 0 bridgehead atoms. The minimum Gasteiger partial charge on any atom is -0.374 e. The molecule has 1 heteroatoms. The topological polar surface area (TPSA) is 3.24 Å². The van der Waals surface area contributed by atoms with Crippen molar-refractivity contribution in [3.8, 4) is 0 Å². The molecule has 1 aliphatic carbocycles. The molecule has 3 rings (SSSR count). The van der Waals surface area contributed by atoms with Crippen LogP contribution in [-0.2, 0) is 0 Å². The predicted molar refractivity (Wildman–Crippen MR) is 54.3 cm³/mol. The van der Waals surface area contributed by atoms with E-state index in [1.54, 1.807) is 11.3 Å². The summed E-state index contributed by atoms with van der Waals surface area (Å²) in [7, 11) is 0. The Kier molecular flexibility index (Phi) is 1.71. The van der Waals surface area contributed by atoms with Gasteiger partial charge in [-0.2, -0.15) is 0 Å². The molecule has 0 saturated carbocycles. The summed E-state index contributed by atoms with van der Waals surface area (Å²) in [5.74, 6) is 0.883. The molecule has 1 nitrogen and oxygen atoms in total. The molecule has 0 radical (unpaired) electrons. The van der Waals surface area contributed by atoms with Crippen LogP contribution >= 0.6 is 0 Å². The molecule has 0 aromatic carbocycles. The smallest absolute Gasteiger partial charge is 0.0200 e. The maximum Gasteiger partial charge on any atom is 0.0200 e. The van der Waals surface area contributed by atoms with Gasteiger partial charge in [0.25, 0.3) is 0 Å². The van der Waals surface area contributed by atoms with Gasteiger partial charge in [0.1, 0.15) is 0 Å². The fourth-order valence-corrected chi connectivity index (χ4v) is 3.10. The van der Waals surface area contributed by atoms with E-state index in [-0.39, 0.29) is 0 Å². The maximum atomic E-state index is 2.65. The second kappa shape index (κ2) is 2.90. The molecule has 0 spiro atoms. The number of hydrogen-bond donors (Lipinski definition) is 0. The molecule has 1 fully saturated rings. The molecule has 1 unspecified atom stereocenters. The van der Waals surface area contributed by atoms with Crippen molar-refractivity contribution in [1.29, 1.82) is 0 Å². The second-order valence-corrected chi connectivity index (χ2v) is 4.48. The first kappa shape index (κ1) is 7.66. The molecular weight excluding hydrogens is 158 g/mol. The van der Waals surface area contributed by atoms with Crippen LogP contribution in [0.2, 0.25) is 0 Å². The van der Waals surface area contributed by atoms with Gasteiger partial charge < -0.3 is 4.90 Å². The minimum absolute atomic E-state index is 0.883. The largest absolute Gasteiger partial charge is 0.374 e. The van der Waals surface area contributed by atoms with E-state index >= 15 is 0 Å². The zero-order chi connectivity index (χ0) is 8.67. The third-order valence-electron chi connectivity index (χ3n) is 3.65. The van der Waals surface area contributed by atoms with E-state index in [0.717, 1.165) is 5.92 Å². The van der Waals surface area contributed by atoms with Crippen LogP contribution < -0.4 is 0 Å². The Hall–Kier alpha value is -0.720. The van der Waals surface area contributed by atoms with E-state index in [9.17, 15) is 0 Å². The van der Waals surface area contributed by atoms with Crippen molar-refractivity contribution in [2.45, 2.75) is 32.1 Å². The van der Waals surface area contributed by atoms with Crippen molar-refractivity contribution in [2.24, 2.45) is 5.92 Å². The summed E-state index contributed by atoms with van der Waals surface area (Å²) >= 11 is 0. The summed E-state index contributed by atoms with van der Waals surface area (Å²) in [6, 6.07) is 0. The van der Waals surface area contributed by atoms with Crippen LogP contribution in [0.15, 0.2) is 23.4 Å². The molecular formula is C12H17N. The maximum absolute atomic E-state index is 2.65. The fraction of sp³-hybridized carbons (Fsp3) is 0.667. The normalized spacial score (nSPS) is 32.0. The molecule has 1 saturated heterocycles. The Morgan fingerprint density at radius 3 is 3.15 bits per heavy atom. The van der Waals surface area contributed by atoms with E-state index in [2.05, 4.69) is 17.1 Å². The van der Waals surface area contributed by atoms with Crippen LogP contribution in [0, 0.1) is 5.92 Å². The molecule has 2 aliphatic heterocycles. The first-order valence-electron chi connectivity index (χ1n) is 5.60. The molecule has 13 heavy (non-hydrogen) atoms. The highest BCUT2D eigenvalue weighted by Crippen LogP contribution is 2.39.